The maximum Gasteiger partial charge on any atom is 0.326 e. The first-order valence-electron chi connectivity index (χ1n) is 25.1. The number of aliphatic carboxylic acids is 1. The number of nitrogens with one attached hydrogen (secondary N) is 9. The molecule has 0 aromatic rings. The van der Waals surface area contributed by atoms with Gasteiger partial charge in [-0.05, 0) is 128 Å². The summed E-state index contributed by atoms with van der Waals surface area (Å²) < 4.78 is 0. The molecule has 0 radical (unpaired) electrons. The highest BCUT2D eigenvalue weighted by Gasteiger charge is 2.38. The van der Waals surface area contributed by atoms with Crippen molar-refractivity contribution in [1.29, 1.82) is 5.41 Å². The zero-order valence-corrected chi connectivity index (χ0v) is 42.6. The molecule has 0 aliphatic carbocycles. The number of likely N-dealkylation sites (tertiary alicyclic amines) is 1. The number of carboxylic acid groups (broad SMARTS) is 1. The van der Waals surface area contributed by atoms with Crippen LogP contribution in [0.1, 0.15) is 131 Å². The summed E-state index contributed by atoms with van der Waals surface area (Å²) >= 11 is 0. The van der Waals surface area contributed by atoms with E-state index < -0.39 is 102 Å². The van der Waals surface area contributed by atoms with E-state index in [4.69, 9.17) is 34.1 Å². The van der Waals surface area contributed by atoms with Crippen LogP contribution in [0.25, 0.3) is 0 Å². The summed E-state index contributed by atoms with van der Waals surface area (Å²) in [5, 5.41) is 38.0. The first-order chi connectivity index (χ1) is 33.6. The van der Waals surface area contributed by atoms with E-state index in [0.29, 0.717) is 77.5 Å². The van der Waals surface area contributed by atoms with E-state index in [1.807, 2.05) is 27.7 Å². The van der Waals surface area contributed by atoms with Crippen LogP contribution in [0.2, 0.25) is 0 Å². The van der Waals surface area contributed by atoms with Gasteiger partial charge in [-0.1, -0.05) is 34.1 Å². The van der Waals surface area contributed by atoms with Crippen molar-refractivity contribution in [3.05, 3.63) is 0 Å². The number of hydrogen-bond donors (Lipinski definition) is 15. The third-order valence-electron chi connectivity index (χ3n) is 11.8. The smallest absolute Gasteiger partial charge is 0.326 e. The maximum atomic E-state index is 13.9. The van der Waals surface area contributed by atoms with Gasteiger partial charge in [-0.25, -0.2) is 4.79 Å². The van der Waals surface area contributed by atoms with Gasteiger partial charge in [0.05, 0.1) is 12.6 Å². The first-order valence-corrected chi connectivity index (χ1v) is 25.1. The van der Waals surface area contributed by atoms with Crippen LogP contribution in [0.5, 0.6) is 0 Å². The van der Waals surface area contributed by atoms with E-state index in [1.54, 1.807) is 0 Å². The second-order valence-corrected chi connectivity index (χ2v) is 19.0. The Labute approximate surface area is 418 Å². The Morgan fingerprint density at radius 2 is 1.07 bits per heavy atom. The van der Waals surface area contributed by atoms with Crippen LogP contribution in [0, 0.1) is 17.2 Å². The number of rotatable bonds is 36. The molecule has 1 aliphatic rings. The Kier molecular flexibility index (Phi) is 30.9. The van der Waals surface area contributed by atoms with Crippen LogP contribution in [-0.4, -0.2) is 157 Å². The van der Waals surface area contributed by atoms with Crippen molar-refractivity contribution in [2.24, 2.45) is 40.5 Å². The Balaban J connectivity index is 3.12. The molecular formula is C46H87N15O10. The van der Waals surface area contributed by atoms with Crippen molar-refractivity contribution >= 4 is 59.2 Å². The second kappa shape index (κ2) is 34.6. The Hall–Kier alpha value is -5.66. The summed E-state index contributed by atoms with van der Waals surface area (Å²) in [6.07, 6.45) is 5.51. The number of unbranched alkanes of at least 4 members (excludes halogenated alkanes) is 3. The fourth-order valence-electron chi connectivity index (χ4n) is 7.89. The molecule has 71 heavy (non-hydrogen) atoms. The number of carbonyl (C=O) groups excluding carboxylic acids is 8. The minimum absolute atomic E-state index is 0.0162. The van der Waals surface area contributed by atoms with Crippen molar-refractivity contribution in [3.63, 3.8) is 0 Å². The normalized spacial score (nSPS) is 16.3. The van der Waals surface area contributed by atoms with Crippen molar-refractivity contribution in [2.45, 2.75) is 179 Å². The highest BCUT2D eigenvalue weighted by atomic mass is 16.4. The fraction of sp³-hybridized carbons (Fsp3) is 0.783. The van der Waals surface area contributed by atoms with Gasteiger partial charge in [-0.15, -0.1) is 0 Å². The summed E-state index contributed by atoms with van der Waals surface area (Å²) in [4.78, 5) is 122. The van der Waals surface area contributed by atoms with Gasteiger partial charge in [-0.3, -0.25) is 43.8 Å². The zero-order valence-electron chi connectivity index (χ0n) is 42.6. The number of hydrogen-bond acceptors (Lipinski definition) is 14. The molecule has 0 unspecified atom stereocenters. The molecule has 1 fully saturated rings. The molecule has 1 saturated heterocycles. The Morgan fingerprint density at radius 1 is 0.592 bits per heavy atom. The zero-order chi connectivity index (χ0) is 53.6. The SMILES string of the molecule is CC(C)C[C@H](NC(=O)CNC(=O)[C@H](CC(C)C)NC(=O)[C@@H]1CCCN1C(=O)[C@@H](N)CCCCN)C(=O)N[C@@H](CCCCN)C(=O)N[C@@H](C)C(=O)N[C@@H](CCCNC(=N)N)C(=O)N[C@@H](CCCCN)C(=O)O. The summed E-state index contributed by atoms with van der Waals surface area (Å²) in [5.41, 5.74) is 28.3. The molecular weight excluding hydrogens is 923 g/mol. The lowest BCUT2D eigenvalue weighted by Crippen LogP contribution is -2.58. The van der Waals surface area contributed by atoms with Gasteiger partial charge in [0.15, 0.2) is 5.96 Å². The highest BCUT2D eigenvalue weighted by molar-refractivity contribution is 5.97. The van der Waals surface area contributed by atoms with Gasteiger partial charge in [0.1, 0.15) is 42.3 Å². The van der Waals surface area contributed by atoms with E-state index in [1.165, 1.54) is 11.8 Å². The van der Waals surface area contributed by atoms with Crippen LogP contribution in [-0.2, 0) is 43.2 Å². The lowest BCUT2D eigenvalue weighted by atomic mass is 10.0. The summed E-state index contributed by atoms with van der Waals surface area (Å²) in [6.45, 7) is 9.82. The number of nitrogens with zero attached hydrogens (tertiary/aromatic N) is 1. The van der Waals surface area contributed by atoms with E-state index in [-0.39, 0.29) is 68.8 Å². The summed E-state index contributed by atoms with van der Waals surface area (Å²) in [5.74, 6) is -6.97. The molecule has 0 saturated carbocycles. The van der Waals surface area contributed by atoms with Crippen LogP contribution in [0.15, 0.2) is 0 Å². The Bertz CT molecular complexity index is 1740. The van der Waals surface area contributed by atoms with Crippen molar-refractivity contribution < 1.29 is 48.3 Å². The van der Waals surface area contributed by atoms with E-state index >= 15 is 0 Å². The van der Waals surface area contributed by atoms with E-state index in [2.05, 4.69) is 42.5 Å². The molecule has 1 heterocycles. The largest absolute Gasteiger partial charge is 0.480 e. The first kappa shape index (κ1) is 63.4. The topological polar surface area (TPSA) is 427 Å². The number of carbonyl (C=O) groups is 9. The van der Waals surface area contributed by atoms with Crippen LogP contribution >= 0.6 is 0 Å². The predicted molar refractivity (Wildman–Crippen MR) is 267 cm³/mol. The third-order valence-corrected chi connectivity index (χ3v) is 11.8. The molecule has 8 atom stereocenters. The number of guanidine groups is 1. The standard InChI is InChI=1S/C46H87N15O10/c1-27(2)24-34(60-43(68)36-18-13-23-61(36)44(69)30(50)14-6-9-19-47)39(64)54-26-37(62)56-35(25-28(3)4)42(67)58-31(15-7-10-20-48)40(65)55-29(5)38(63)57-32(17-12-22-53-46(51)52)41(66)59-33(45(70)71)16-8-11-21-49/h27-36H,6-26,47-50H2,1-5H3,(H,54,64)(H,55,65)(H,56,62)(H,57,63)(H,58,67)(H,59,66)(H,60,68)(H,70,71)(H4,51,52,53)/t29-,30-,31-,32-,33-,34-,35-,36-/m0/s1. The molecule has 25 heteroatoms. The molecule has 25 nitrogen and oxygen atoms in total. The summed E-state index contributed by atoms with van der Waals surface area (Å²) in [6, 6.07) is -8.75. The van der Waals surface area contributed by atoms with Crippen LogP contribution < -0.4 is 71.2 Å². The molecule has 20 N–H and O–H groups in total. The minimum Gasteiger partial charge on any atom is -0.480 e. The van der Waals surface area contributed by atoms with Crippen molar-refractivity contribution in [1.82, 2.24) is 47.4 Å². The molecule has 0 aromatic heterocycles. The van der Waals surface area contributed by atoms with Gasteiger partial charge in [-0.2, -0.15) is 0 Å². The van der Waals surface area contributed by atoms with Crippen molar-refractivity contribution in [2.75, 3.05) is 39.3 Å². The minimum atomic E-state index is -1.27. The number of nitrogens with two attached hydrogens (primary N) is 5. The molecule has 1 rings (SSSR count). The average molecular weight is 1010 g/mol. The van der Waals surface area contributed by atoms with Gasteiger partial charge in [0.25, 0.3) is 0 Å². The quantitative estimate of drug-likeness (QED) is 0.0171. The number of carboxylic acids is 1. The summed E-state index contributed by atoms with van der Waals surface area (Å²) in [7, 11) is 0. The molecule has 0 spiro atoms. The lowest BCUT2D eigenvalue weighted by molar-refractivity contribution is -0.142. The fourth-order valence-corrected chi connectivity index (χ4v) is 7.89. The molecule has 8 amide bonds. The van der Waals surface area contributed by atoms with Crippen LogP contribution in [0.3, 0.4) is 0 Å². The average Bonchev–Trinajstić information content (AvgIpc) is 3.80. The van der Waals surface area contributed by atoms with Gasteiger partial charge >= 0.3 is 5.97 Å². The van der Waals surface area contributed by atoms with Crippen molar-refractivity contribution in [3.8, 4) is 0 Å². The third kappa shape index (κ3) is 25.3. The number of amides is 8. The molecule has 0 bridgehead atoms. The molecule has 406 valence electrons. The van der Waals surface area contributed by atoms with Crippen LogP contribution in [0.4, 0.5) is 0 Å². The van der Waals surface area contributed by atoms with Gasteiger partial charge in [0.2, 0.25) is 47.3 Å². The lowest BCUT2D eigenvalue weighted by Gasteiger charge is -2.29. The second-order valence-electron chi connectivity index (χ2n) is 19.0. The van der Waals surface area contributed by atoms with E-state index in [9.17, 15) is 48.3 Å². The highest BCUT2D eigenvalue weighted by Crippen LogP contribution is 2.20. The maximum absolute atomic E-state index is 13.9. The van der Waals surface area contributed by atoms with E-state index in [0.717, 1.165) is 6.42 Å². The Morgan fingerprint density at radius 3 is 1.61 bits per heavy atom. The van der Waals surface area contributed by atoms with Gasteiger partial charge < -0.3 is 81.2 Å². The molecule has 0 aromatic carbocycles. The van der Waals surface area contributed by atoms with Gasteiger partial charge in [0, 0.05) is 13.1 Å². The molecule has 1 aliphatic heterocycles. The monoisotopic (exact) mass is 1010 g/mol. The predicted octanol–water partition coefficient (Wildman–Crippen LogP) is -2.82.